The predicted octanol–water partition coefficient (Wildman–Crippen LogP) is 2.87. The molecular weight excluding hydrogens is 388 g/mol. The zero-order chi connectivity index (χ0) is 22.4. The van der Waals surface area contributed by atoms with Crippen molar-refractivity contribution in [3.8, 4) is 0 Å². The number of amides is 1. The molecule has 2 N–H and O–H groups in total. The molecule has 2 aromatic carbocycles. The van der Waals surface area contributed by atoms with Crippen molar-refractivity contribution >= 4 is 23.6 Å². The van der Waals surface area contributed by atoms with Crippen molar-refractivity contribution in [3.05, 3.63) is 59.2 Å². The highest BCUT2D eigenvalue weighted by molar-refractivity contribution is 5.97. The first kappa shape index (κ1) is 22.8. The maximum Gasteiger partial charge on any atom is 0.204 e. The first-order valence-electron chi connectivity index (χ1n) is 11.0. The summed E-state index contributed by atoms with van der Waals surface area (Å²) in [7, 11) is 2.13. The minimum Gasteiger partial charge on any atom is -0.372 e. The maximum atomic E-state index is 12.7. The third-order valence-electron chi connectivity index (χ3n) is 6.44. The van der Waals surface area contributed by atoms with Crippen LogP contribution in [0.2, 0.25) is 0 Å². The standard InChI is InChI=1S/C24H31N3O.CH3NO/c1-18-6-4-5-7-22(18)27-14-12-26(13-15-27)11-10-24(28)20-8-9-23-21(17-20)16-19(2)25(23)3;2-1-3/h4-9,17,19H,10-16H2,1-3H3;1H,(H2,2,3). The number of likely N-dealkylation sites (N-methyl/N-ethyl adjacent to an activating group) is 1. The van der Waals surface area contributed by atoms with E-state index < -0.39 is 0 Å². The van der Waals surface area contributed by atoms with Crippen LogP contribution in [-0.4, -0.2) is 62.9 Å². The van der Waals surface area contributed by atoms with Crippen LogP contribution in [0, 0.1) is 6.92 Å². The first-order valence-corrected chi connectivity index (χ1v) is 11.0. The molecule has 1 fully saturated rings. The van der Waals surface area contributed by atoms with Crippen LogP contribution in [0.3, 0.4) is 0 Å². The van der Waals surface area contributed by atoms with Crippen molar-refractivity contribution in [2.45, 2.75) is 32.7 Å². The second-order valence-corrected chi connectivity index (χ2v) is 8.43. The number of primary amides is 1. The van der Waals surface area contributed by atoms with Gasteiger partial charge in [0.05, 0.1) is 0 Å². The summed E-state index contributed by atoms with van der Waals surface area (Å²) in [5, 5.41) is 0. The van der Waals surface area contributed by atoms with Gasteiger partial charge >= 0.3 is 0 Å². The number of ketones is 1. The van der Waals surface area contributed by atoms with E-state index >= 15 is 0 Å². The van der Waals surface area contributed by atoms with Gasteiger partial charge in [0.1, 0.15) is 0 Å². The molecule has 1 unspecified atom stereocenters. The Balaban J connectivity index is 0.000000858. The van der Waals surface area contributed by atoms with E-state index in [0.717, 1.165) is 44.7 Å². The van der Waals surface area contributed by atoms with E-state index in [1.807, 2.05) is 6.07 Å². The van der Waals surface area contributed by atoms with Crippen LogP contribution in [0.5, 0.6) is 0 Å². The molecule has 0 aliphatic carbocycles. The van der Waals surface area contributed by atoms with E-state index in [1.54, 1.807) is 0 Å². The highest BCUT2D eigenvalue weighted by Gasteiger charge is 2.24. The number of hydrogen-bond donors (Lipinski definition) is 1. The Bertz CT molecular complexity index is 906. The Morgan fingerprint density at radius 3 is 2.45 bits per heavy atom. The van der Waals surface area contributed by atoms with Crippen molar-refractivity contribution in [1.29, 1.82) is 0 Å². The number of hydrogen-bond acceptors (Lipinski definition) is 5. The molecule has 1 amide bonds. The zero-order valence-corrected chi connectivity index (χ0v) is 18.9. The topological polar surface area (TPSA) is 69.9 Å². The van der Waals surface area contributed by atoms with Gasteiger partial charge in [0.15, 0.2) is 5.78 Å². The van der Waals surface area contributed by atoms with Crippen LogP contribution in [0.15, 0.2) is 42.5 Å². The van der Waals surface area contributed by atoms with Crippen molar-refractivity contribution < 1.29 is 9.59 Å². The normalized spacial score (nSPS) is 18.2. The first-order chi connectivity index (χ1) is 14.9. The van der Waals surface area contributed by atoms with E-state index in [-0.39, 0.29) is 12.2 Å². The minimum atomic E-state index is 0.250. The average molecular weight is 423 g/mol. The van der Waals surface area contributed by atoms with Gasteiger partial charge in [-0.1, -0.05) is 18.2 Å². The number of para-hydroxylation sites is 1. The van der Waals surface area contributed by atoms with E-state index in [4.69, 9.17) is 4.79 Å². The second kappa shape index (κ2) is 10.4. The van der Waals surface area contributed by atoms with Gasteiger partial charge in [-0.3, -0.25) is 14.5 Å². The predicted molar refractivity (Wildman–Crippen MR) is 127 cm³/mol. The minimum absolute atomic E-state index is 0.250. The summed E-state index contributed by atoms with van der Waals surface area (Å²) >= 11 is 0. The van der Waals surface area contributed by atoms with Crippen molar-refractivity contribution in [2.24, 2.45) is 5.73 Å². The van der Waals surface area contributed by atoms with Gasteiger partial charge < -0.3 is 15.5 Å². The molecule has 0 radical (unpaired) electrons. The molecule has 4 rings (SSSR count). The molecule has 1 saturated heterocycles. The molecule has 2 aliphatic rings. The molecule has 0 bridgehead atoms. The summed E-state index contributed by atoms with van der Waals surface area (Å²) < 4.78 is 0. The zero-order valence-electron chi connectivity index (χ0n) is 18.9. The van der Waals surface area contributed by atoms with Gasteiger partial charge in [-0.05, 0) is 55.7 Å². The van der Waals surface area contributed by atoms with Crippen LogP contribution < -0.4 is 15.5 Å². The van der Waals surface area contributed by atoms with Crippen LogP contribution in [0.25, 0.3) is 0 Å². The number of nitrogens with zero attached hydrogens (tertiary/aromatic N) is 3. The summed E-state index contributed by atoms with van der Waals surface area (Å²) in [6.07, 6.45) is 1.89. The number of carbonyl (C=O) groups excluding carboxylic acids is 2. The number of nitrogens with two attached hydrogens (primary N) is 1. The maximum absolute atomic E-state index is 12.7. The highest BCUT2D eigenvalue weighted by atomic mass is 16.1. The van der Waals surface area contributed by atoms with Gasteiger partial charge in [-0.2, -0.15) is 0 Å². The van der Waals surface area contributed by atoms with Crippen LogP contribution in [-0.2, 0) is 11.2 Å². The molecule has 1 atom stereocenters. The molecule has 2 aliphatic heterocycles. The quantitative estimate of drug-likeness (QED) is 0.593. The largest absolute Gasteiger partial charge is 0.372 e. The van der Waals surface area contributed by atoms with Gasteiger partial charge in [0.25, 0.3) is 0 Å². The fraction of sp³-hybridized carbons (Fsp3) is 0.440. The fourth-order valence-electron chi connectivity index (χ4n) is 4.49. The van der Waals surface area contributed by atoms with Gasteiger partial charge in [-0.15, -0.1) is 0 Å². The van der Waals surface area contributed by atoms with Gasteiger partial charge in [0.2, 0.25) is 6.41 Å². The van der Waals surface area contributed by atoms with Gasteiger partial charge in [0, 0.05) is 69.2 Å². The van der Waals surface area contributed by atoms with Crippen LogP contribution in [0.4, 0.5) is 11.4 Å². The second-order valence-electron chi connectivity index (χ2n) is 8.43. The Morgan fingerprint density at radius 2 is 1.77 bits per heavy atom. The monoisotopic (exact) mass is 422 g/mol. The van der Waals surface area contributed by atoms with Crippen molar-refractivity contribution in [3.63, 3.8) is 0 Å². The molecule has 6 heteroatoms. The lowest BCUT2D eigenvalue weighted by molar-refractivity contribution is -0.106. The smallest absolute Gasteiger partial charge is 0.204 e. The number of anilines is 2. The Hall–Kier alpha value is -2.86. The number of Topliss-reactive ketones (excluding diaryl/α,β-unsaturated/α-hetero) is 1. The highest BCUT2D eigenvalue weighted by Crippen LogP contribution is 2.31. The third kappa shape index (κ3) is 5.44. The number of benzene rings is 2. The summed E-state index contributed by atoms with van der Waals surface area (Å²) in [5.41, 5.74) is 10.3. The molecule has 166 valence electrons. The lowest BCUT2D eigenvalue weighted by Crippen LogP contribution is -2.47. The molecule has 0 saturated carbocycles. The molecule has 0 spiro atoms. The molecule has 31 heavy (non-hydrogen) atoms. The lowest BCUT2D eigenvalue weighted by atomic mass is 10.0. The Labute approximate surface area is 185 Å². The molecule has 6 nitrogen and oxygen atoms in total. The van der Waals surface area contributed by atoms with Crippen molar-refractivity contribution in [2.75, 3.05) is 49.6 Å². The van der Waals surface area contributed by atoms with Gasteiger partial charge in [-0.25, -0.2) is 0 Å². The molecule has 2 heterocycles. The van der Waals surface area contributed by atoms with E-state index in [9.17, 15) is 4.79 Å². The number of rotatable bonds is 5. The lowest BCUT2D eigenvalue weighted by Gasteiger charge is -2.36. The third-order valence-corrected chi connectivity index (χ3v) is 6.44. The number of piperazine rings is 1. The summed E-state index contributed by atoms with van der Waals surface area (Å²) in [6.45, 7) is 9.37. The average Bonchev–Trinajstić information content (AvgIpc) is 3.06. The molecular formula is C25H34N4O2. The number of fused-ring (bicyclic) bond motifs is 1. The fourth-order valence-corrected chi connectivity index (χ4v) is 4.49. The SMILES string of the molecule is Cc1ccccc1N1CCN(CCC(=O)c2ccc3c(c2)CC(C)N3C)CC1.NC=O. The molecule has 0 aromatic heterocycles. The van der Waals surface area contributed by atoms with Crippen molar-refractivity contribution in [1.82, 2.24) is 4.90 Å². The van der Waals surface area contributed by atoms with Crippen LogP contribution in [0.1, 0.15) is 34.8 Å². The summed E-state index contributed by atoms with van der Waals surface area (Å²) in [6, 6.07) is 15.4. The van der Waals surface area contributed by atoms with E-state index in [1.165, 1.54) is 22.5 Å². The van der Waals surface area contributed by atoms with Crippen LogP contribution >= 0.6 is 0 Å². The Morgan fingerprint density at radius 1 is 1.10 bits per heavy atom. The van der Waals surface area contributed by atoms with E-state index in [0.29, 0.717) is 12.5 Å². The number of aryl methyl sites for hydroxylation is 1. The van der Waals surface area contributed by atoms with E-state index in [2.05, 4.69) is 77.7 Å². The molecule has 2 aromatic rings. The number of carbonyl (C=O) groups is 2. The Kier molecular flexibility index (Phi) is 7.69. The summed E-state index contributed by atoms with van der Waals surface area (Å²) in [4.78, 5) is 28.5. The summed E-state index contributed by atoms with van der Waals surface area (Å²) in [5.74, 6) is 0.270.